The molecule has 0 radical (unpaired) electrons. The van der Waals surface area contributed by atoms with Crippen LogP contribution >= 0.6 is 15.9 Å². The summed E-state index contributed by atoms with van der Waals surface area (Å²) in [6.07, 6.45) is -2.69. The molecular weight excluding hydrogens is 899 g/mol. The molecule has 0 fully saturated rings. The molecule has 5 aromatic carbocycles. The fourth-order valence-electron chi connectivity index (χ4n) is 5.79. The quantitative estimate of drug-likeness (QED) is 0.0527. The third-order valence-electron chi connectivity index (χ3n) is 8.08. The first-order chi connectivity index (χ1) is 25.9. The second-order valence-corrected chi connectivity index (χ2v) is 14.7. The maximum absolute atomic E-state index is 15.4. The van der Waals surface area contributed by atoms with Crippen molar-refractivity contribution >= 4 is 54.8 Å². The molecule has 5 aromatic rings. The molecule has 0 saturated heterocycles. The van der Waals surface area contributed by atoms with E-state index < -0.39 is 144 Å². The Balaban J connectivity index is 0.000000544. The monoisotopic (exact) mass is 910 g/mol. The molecule has 0 aliphatic carbocycles. The SMILES string of the molecule is C[S+](C)Cc1ccc(Br)cc1.Fc1c(F)c(F)c([B-](c2c(F)c(F)c(F)c(F)c2F)(c2c(F)c(F)c(F)c(F)c2F)c2c(F)c(F)c(F)c(F)c2F)c(F)c1F. The van der Waals surface area contributed by atoms with Gasteiger partial charge in [-0.2, -0.15) is 0 Å². The van der Waals surface area contributed by atoms with Crippen molar-refractivity contribution in [3.8, 4) is 0 Å². The molecule has 0 N–H and O–H groups in total. The molecule has 0 aliphatic heterocycles. The summed E-state index contributed by atoms with van der Waals surface area (Å²) in [5.74, 6) is -70.2. The molecule has 0 saturated carbocycles. The van der Waals surface area contributed by atoms with Crippen molar-refractivity contribution < 1.29 is 87.8 Å². The fraction of sp³-hybridized carbons (Fsp3) is 0.0909. The Bertz CT molecular complexity index is 2000. The van der Waals surface area contributed by atoms with E-state index >= 15 is 35.1 Å². The zero-order chi connectivity index (χ0) is 42.6. The van der Waals surface area contributed by atoms with Gasteiger partial charge in [0.25, 0.3) is 0 Å². The summed E-state index contributed by atoms with van der Waals surface area (Å²) in [7, 11) is 0.512. The third-order valence-corrected chi connectivity index (χ3v) is 9.52. The molecule has 0 nitrogen and oxygen atoms in total. The van der Waals surface area contributed by atoms with Crippen LogP contribution in [0.4, 0.5) is 87.8 Å². The highest BCUT2D eigenvalue weighted by atomic mass is 79.9. The lowest BCUT2D eigenvalue weighted by atomic mass is 9.12. The standard InChI is InChI=1S/C24BF20.C9H12BrS/c26-5-1(6(27)14(35)21(42)13(5)34)25(2-7(28)15(36)22(43)16(37)8(2)29,3-9(30)17(38)23(44)18(39)10(3)31)4-11(32)19(40)24(45)20(41)12(4)33;1-11(2)7-8-3-5-9(10)6-4-8/h;3-6H,7H2,1-2H3/q-1;+1. The second-order valence-electron chi connectivity index (χ2n) is 11.6. The average molecular weight is 911 g/mol. The Morgan fingerprint density at radius 3 is 0.696 bits per heavy atom. The van der Waals surface area contributed by atoms with Crippen LogP contribution in [0.5, 0.6) is 0 Å². The average Bonchev–Trinajstić information content (AvgIpc) is 3.15. The van der Waals surface area contributed by atoms with E-state index in [0.717, 1.165) is 4.47 Å². The largest absolute Gasteiger partial charge is 0.207 e. The van der Waals surface area contributed by atoms with Gasteiger partial charge in [-0.25, -0.2) is 87.8 Å². The molecule has 5 rings (SSSR count). The van der Waals surface area contributed by atoms with Crippen LogP contribution in [-0.4, -0.2) is 18.7 Å². The Kier molecular flexibility index (Phi) is 12.8. The van der Waals surface area contributed by atoms with E-state index in [-0.39, 0.29) is 0 Å². The van der Waals surface area contributed by atoms with E-state index in [1.165, 1.54) is 11.3 Å². The van der Waals surface area contributed by atoms with Crippen molar-refractivity contribution in [2.24, 2.45) is 0 Å². The highest BCUT2D eigenvalue weighted by Gasteiger charge is 2.52. The number of hydrogen-bond donors (Lipinski definition) is 0. The van der Waals surface area contributed by atoms with Gasteiger partial charge in [-0.05, 0) is 23.0 Å². The van der Waals surface area contributed by atoms with Crippen molar-refractivity contribution in [3.05, 3.63) is 151 Å². The highest BCUT2D eigenvalue weighted by Crippen LogP contribution is 2.30. The Labute approximate surface area is 311 Å². The van der Waals surface area contributed by atoms with E-state index in [4.69, 9.17) is 0 Å². The zero-order valence-corrected chi connectivity index (χ0v) is 29.3. The van der Waals surface area contributed by atoms with Crippen LogP contribution in [0.3, 0.4) is 0 Å². The van der Waals surface area contributed by atoms with Gasteiger partial charge in [-0.3, -0.25) is 0 Å². The first-order valence-corrected chi connectivity index (χ1v) is 17.4. The molecule has 0 aliphatic rings. The molecule has 0 amide bonds. The van der Waals surface area contributed by atoms with Crippen LogP contribution < -0.4 is 21.9 Å². The first-order valence-electron chi connectivity index (χ1n) is 14.4. The summed E-state index contributed by atoms with van der Waals surface area (Å²) < 4.78 is 295. The van der Waals surface area contributed by atoms with Crippen molar-refractivity contribution in [2.45, 2.75) is 5.75 Å². The van der Waals surface area contributed by atoms with E-state index in [2.05, 4.69) is 52.7 Å². The van der Waals surface area contributed by atoms with Gasteiger partial charge in [-0.1, -0.05) is 28.1 Å². The van der Waals surface area contributed by atoms with Crippen molar-refractivity contribution in [1.29, 1.82) is 0 Å². The lowest BCUT2D eigenvalue weighted by Gasteiger charge is -2.44. The molecular formula is C33H12BBrF20S. The molecule has 23 heteroatoms. The van der Waals surface area contributed by atoms with Crippen LogP contribution in [0.1, 0.15) is 5.56 Å². The summed E-state index contributed by atoms with van der Waals surface area (Å²) >= 11 is 3.41. The van der Waals surface area contributed by atoms with E-state index in [0.29, 0.717) is 10.9 Å². The molecule has 300 valence electrons. The van der Waals surface area contributed by atoms with Gasteiger partial charge in [0.1, 0.15) is 58.4 Å². The summed E-state index contributed by atoms with van der Waals surface area (Å²) in [6, 6.07) is 8.55. The van der Waals surface area contributed by atoms with Gasteiger partial charge >= 0.3 is 0 Å². The Morgan fingerprint density at radius 2 is 0.518 bits per heavy atom. The number of rotatable bonds is 6. The number of halogens is 21. The predicted octanol–water partition coefficient (Wildman–Crippen LogP) is 8.67. The fourth-order valence-corrected chi connectivity index (χ4v) is 6.91. The van der Waals surface area contributed by atoms with Gasteiger partial charge < -0.3 is 0 Å². The van der Waals surface area contributed by atoms with E-state index in [9.17, 15) is 52.7 Å². The van der Waals surface area contributed by atoms with E-state index in [1.54, 1.807) is 0 Å². The van der Waals surface area contributed by atoms with Gasteiger partial charge in [0, 0.05) is 10.0 Å². The number of benzene rings is 5. The summed E-state index contributed by atoms with van der Waals surface area (Å²) in [5, 5.41) is 0. The lowest BCUT2D eigenvalue weighted by Crippen LogP contribution is -2.81. The Morgan fingerprint density at radius 1 is 0.339 bits per heavy atom. The Hall–Kier alpha value is -4.41. The van der Waals surface area contributed by atoms with Crippen molar-refractivity contribution in [1.82, 2.24) is 0 Å². The zero-order valence-electron chi connectivity index (χ0n) is 26.9. The van der Waals surface area contributed by atoms with Crippen LogP contribution in [0, 0.1) is 116 Å². The minimum atomic E-state index is -7.22. The lowest BCUT2D eigenvalue weighted by molar-refractivity contribution is 0.378. The van der Waals surface area contributed by atoms with Gasteiger partial charge in [0.2, 0.25) is 0 Å². The van der Waals surface area contributed by atoms with Crippen LogP contribution in [0.2, 0.25) is 0 Å². The van der Waals surface area contributed by atoms with Crippen LogP contribution in [0.25, 0.3) is 0 Å². The van der Waals surface area contributed by atoms with Crippen LogP contribution in [-0.2, 0) is 16.6 Å². The molecule has 0 spiro atoms. The normalized spacial score (nSPS) is 11.7. The van der Waals surface area contributed by atoms with E-state index in [1.807, 2.05) is 0 Å². The van der Waals surface area contributed by atoms with Crippen molar-refractivity contribution in [2.75, 3.05) is 12.5 Å². The minimum absolute atomic E-state index is 0.512. The van der Waals surface area contributed by atoms with Gasteiger partial charge in [0.15, 0.2) is 69.8 Å². The second kappa shape index (κ2) is 16.2. The summed E-state index contributed by atoms with van der Waals surface area (Å²) in [4.78, 5) is 0. The third kappa shape index (κ3) is 6.97. The topological polar surface area (TPSA) is 0 Å². The predicted molar refractivity (Wildman–Crippen MR) is 166 cm³/mol. The molecule has 0 heterocycles. The maximum Gasteiger partial charge on any atom is 0.200 e. The molecule has 0 atom stereocenters. The first kappa shape index (κ1) is 44.3. The molecule has 56 heavy (non-hydrogen) atoms. The maximum atomic E-state index is 15.4. The van der Waals surface area contributed by atoms with Gasteiger partial charge in [-0.15, -0.1) is 21.9 Å². The van der Waals surface area contributed by atoms with Crippen LogP contribution in [0.15, 0.2) is 28.7 Å². The molecule has 0 aromatic heterocycles. The summed E-state index contributed by atoms with van der Waals surface area (Å²) in [6.45, 7) is 0. The van der Waals surface area contributed by atoms with Crippen molar-refractivity contribution in [3.63, 3.8) is 0 Å². The number of hydrogen-bond acceptors (Lipinski definition) is 0. The van der Waals surface area contributed by atoms with Gasteiger partial charge in [0.05, 0.1) is 12.5 Å². The smallest absolute Gasteiger partial charge is 0.200 e. The summed E-state index contributed by atoms with van der Waals surface area (Å²) in [5.41, 5.74) is -12.9. The minimum Gasteiger partial charge on any atom is -0.207 e. The molecule has 0 unspecified atom stereocenters. The molecule has 0 bridgehead atoms. The highest BCUT2D eigenvalue weighted by molar-refractivity contribution is 9.10.